The average molecular weight is 384 g/mol. The van der Waals surface area contributed by atoms with Gasteiger partial charge in [0.25, 0.3) is 5.91 Å². The number of rotatable bonds is 5. The van der Waals surface area contributed by atoms with Crippen LogP contribution in [0.2, 0.25) is 0 Å². The minimum atomic E-state index is -0.209. The molecule has 26 heavy (non-hydrogen) atoms. The molecule has 3 aromatic rings. The third-order valence-corrected chi connectivity index (χ3v) is 5.69. The molecule has 0 aliphatic heterocycles. The van der Waals surface area contributed by atoms with Crippen LogP contribution in [-0.4, -0.2) is 10.5 Å². The number of anilines is 1. The van der Waals surface area contributed by atoms with Crippen LogP contribution in [0.1, 0.15) is 40.7 Å². The normalized spacial score (nSPS) is 11.9. The fourth-order valence-corrected chi connectivity index (χ4v) is 4.03. The molecular formula is C20H21N3OS2. The van der Waals surface area contributed by atoms with E-state index in [4.69, 9.17) is 18.0 Å². The number of carbonyl (C=O) groups is 1. The summed E-state index contributed by atoms with van der Waals surface area (Å²) < 4.78 is 2.31. The molecule has 0 fully saturated rings. The molecular weight excluding hydrogens is 362 g/mol. The minimum absolute atomic E-state index is 0.115. The minimum Gasteiger partial charge on any atom is -0.383 e. The lowest BCUT2D eigenvalue weighted by Gasteiger charge is -2.14. The summed E-state index contributed by atoms with van der Waals surface area (Å²) in [4.78, 5) is 13.1. The van der Waals surface area contributed by atoms with E-state index in [1.807, 2.05) is 61.5 Å². The zero-order chi connectivity index (χ0) is 18.7. The fraction of sp³-hybridized carbons (Fsp3) is 0.200. The maximum atomic E-state index is 12.7. The van der Waals surface area contributed by atoms with Crippen LogP contribution in [0.5, 0.6) is 0 Å². The van der Waals surface area contributed by atoms with Crippen LogP contribution < -0.4 is 11.1 Å². The Bertz CT molecular complexity index is 959. The van der Waals surface area contributed by atoms with E-state index in [2.05, 4.69) is 12.2 Å². The molecule has 6 heteroatoms. The summed E-state index contributed by atoms with van der Waals surface area (Å²) in [5.41, 5.74) is 9.42. The van der Waals surface area contributed by atoms with Crippen LogP contribution in [0.3, 0.4) is 0 Å². The highest BCUT2D eigenvalue weighted by molar-refractivity contribution is 7.73. The van der Waals surface area contributed by atoms with Crippen LogP contribution in [0.25, 0.3) is 5.69 Å². The molecule has 3 rings (SSSR count). The fourth-order valence-electron chi connectivity index (χ4n) is 2.76. The summed E-state index contributed by atoms with van der Waals surface area (Å²) in [6.45, 7) is 4.05. The van der Waals surface area contributed by atoms with Crippen molar-refractivity contribution < 1.29 is 4.79 Å². The molecule has 2 aromatic carbocycles. The van der Waals surface area contributed by atoms with Gasteiger partial charge >= 0.3 is 0 Å². The van der Waals surface area contributed by atoms with E-state index in [9.17, 15) is 4.79 Å². The van der Waals surface area contributed by atoms with Gasteiger partial charge in [-0.3, -0.25) is 9.36 Å². The maximum Gasteiger partial charge on any atom is 0.265 e. The Morgan fingerprint density at radius 1 is 1.19 bits per heavy atom. The Hall–Kier alpha value is -2.44. The van der Waals surface area contributed by atoms with Gasteiger partial charge in [0, 0.05) is 5.69 Å². The van der Waals surface area contributed by atoms with E-state index >= 15 is 0 Å². The second kappa shape index (κ2) is 7.85. The quantitative estimate of drug-likeness (QED) is 0.616. The van der Waals surface area contributed by atoms with Crippen molar-refractivity contribution in [1.29, 1.82) is 0 Å². The molecule has 1 amide bonds. The SMILES string of the molecule is CCc1ccc(-n2c(N)c(C(=O)N[C@@H](C)c3ccccc3)sc2=S)cc1. The largest absolute Gasteiger partial charge is 0.383 e. The summed E-state index contributed by atoms with van der Waals surface area (Å²) in [5.74, 6) is 0.167. The van der Waals surface area contributed by atoms with E-state index in [0.717, 1.165) is 17.7 Å². The molecule has 4 nitrogen and oxygen atoms in total. The molecule has 0 bridgehead atoms. The van der Waals surface area contributed by atoms with Crippen molar-refractivity contribution in [1.82, 2.24) is 9.88 Å². The first-order valence-corrected chi connectivity index (χ1v) is 9.70. The molecule has 0 radical (unpaired) electrons. The van der Waals surface area contributed by atoms with E-state index < -0.39 is 0 Å². The number of nitrogens with zero attached hydrogens (tertiary/aromatic N) is 1. The predicted molar refractivity (Wildman–Crippen MR) is 111 cm³/mol. The lowest BCUT2D eigenvalue weighted by molar-refractivity contribution is 0.0944. The standard InChI is InChI=1S/C20H21N3OS2/c1-3-14-9-11-16(12-10-14)23-18(21)17(26-20(23)25)19(24)22-13(2)15-7-5-4-6-8-15/h4-13H,3,21H2,1-2H3,(H,22,24)/t13-/m0/s1. The number of carbonyl (C=O) groups excluding carboxylic acids is 1. The summed E-state index contributed by atoms with van der Waals surface area (Å²) in [6.07, 6.45) is 0.968. The van der Waals surface area contributed by atoms with E-state index in [-0.39, 0.29) is 11.9 Å². The van der Waals surface area contributed by atoms with Crippen molar-refractivity contribution in [3.05, 3.63) is 74.6 Å². The zero-order valence-corrected chi connectivity index (χ0v) is 16.4. The van der Waals surface area contributed by atoms with Crippen molar-refractivity contribution in [2.24, 2.45) is 0 Å². The number of hydrogen-bond acceptors (Lipinski definition) is 4. The number of nitrogen functional groups attached to an aromatic ring is 1. The van der Waals surface area contributed by atoms with Gasteiger partial charge in [0.15, 0.2) is 3.95 Å². The van der Waals surface area contributed by atoms with Crippen LogP contribution in [0, 0.1) is 3.95 Å². The molecule has 0 unspecified atom stereocenters. The van der Waals surface area contributed by atoms with E-state index in [0.29, 0.717) is 14.6 Å². The first-order valence-electron chi connectivity index (χ1n) is 8.47. The van der Waals surface area contributed by atoms with Crippen LogP contribution in [0.15, 0.2) is 54.6 Å². The van der Waals surface area contributed by atoms with Gasteiger partial charge in [-0.2, -0.15) is 0 Å². The Balaban J connectivity index is 1.87. The van der Waals surface area contributed by atoms with Gasteiger partial charge in [0.1, 0.15) is 10.7 Å². The highest BCUT2D eigenvalue weighted by atomic mass is 32.1. The summed E-state index contributed by atoms with van der Waals surface area (Å²) in [7, 11) is 0. The molecule has 1 heterocycles. The van der Waals surface area contributed by atoms with Crippen LogP contribution >= 0.6 is 23.6 Å². The van der Waals surface area contributed by atoms with Crippen LogP contribution in [-0.2, 0) is 6.42 Å². The second-order valence-electron chi connectivity index (χ2n) is 6.04. The first-order chi connectivity index (χ1) is 12.5. The lowest BCUT2D eigenvalue weighted by atomic mass is 10.1. The third kappa shape index (κ3) is 3.71. The number of amides is 1. The molecule has 0 aliphatic carbocycles. The van der Waals surface area contributed by atoms with E-state index in [1.165, 1.54) is 16.9 Å². The van der Waals surface area contributed by atoms with Gasteiger partial charge in [-0.15, -0.1) is 0 Å². The van der Waals surface area contributed by atoms with Gasteiger partial charge in [-0.1, -0.05) is 60.7 Å². The number of benzene rings is 2. The zero-order valence-electron chi connectivity index (χ0n) is 14.7. The van der Waals surface area contributed by atoms with E-state index in [1.54, 1.807) is 4.57 Å². The summed E-state index contributed by atoms with van der Waals surface area (Å²) in [5, 5.41) is 3.00. The highest BCUT2D eigenvalue weighted by Gasteiger charge is 2.20. The third-order valence-electron chi connectivity index (χ3n) is 4.30. The van der Waals surface area contributed by atoms with Gasteiger partial charge < -0.3 is 11.1 Å². The highest BCUT2D eigenvalue weighted by Crippen LogP contribution is 2.27. The molecule has 1 aromatic heterocycles. The van der Waals surface area contributed by atoms with Crippen molar-refractivity contribution in [3.63, 3.8) is 0 Å². The molecule has 134 valence electrons. The maximum absolute atomic E-state index is 12.7. The topological polar surface area (TPSA) is 60.0 Å². The Labute approximate surface area is 162 Å². The molecule has 0 spiro atoms. The smallest absolute Gasteiger partial charge is 0.265 e. The Morgan fingerprint density at radius 3 is 2.46 bits per heavy atom. The van der Waals surface area contributed by atoms with Gasteiger partial charge in [-0.05, 0) is 48.8 Å². The number of aromatic nitrogens is 1. The average Bonchev–Trinajstić information content (AvgIpc) is 2.97. The summed E-state index contributed by atoms with van der Waals surface area (Å²) >= 11 is 6.68. The molecule has 0 aliphatic rings. The van der Waals surface area contributed by atoms with Crippen LogP contribution in [0.4, 0.5) is 5.82 Å². The first kappa shape index (κ1) is 18.4. The van der Waals surface area contributed by atoms with Crippen molar-refractivity contribution in [2.75, 3.05) is 5.73 Å². The molecule has 0 saturated heterocycles. The number of hydrogen-bond donors (Lipinski definition) is 2. The van der Waals surface area contributed by atoms with Crippen molar-refractivity contribution in [2.45, 2.75) is 26.3 Å². The second-order valence-corrected chi connectivity index (χ2v) is 7.69. The number of thiazole rings is 1. The Morgan fingerprint density at radius 2 is 1.85 bits per heavy atom. The van der Waals surface area contributed by atoms with Gasteiger partial charge in [0.05, 0.1) is 6.04 Å². The number of nitrogens with two attached hydrogens (primary N) is 1. The predicted octanol–water partition coefficient (Wildman–Crippen LogP) is 4.90. The number of nitrogens with one attached hydrogen (secondary N) is 1. The molecule has 1 atom stereocenters. The Kier molecular flexibility index (Phi) is 5.54. The van der Waals surface area contributed by atoms with Gasteiger partial charge in [0.2, 0.25) is 0 Å². The molecule has 0 saturated carbocycles. The van der Waals surface area contributed by atoms with Crippen molar-refractivity contribution >= 4 is 35.3 Å². The van der Waals surface area contributed by atoms with Crippen molar-refractivity contribution in [3.8, 4) is 5.69 Å². The number of aryl methyl sites for hydroxylation is 1. The lowest BCUT2D eigenvalue weighted by Crippen LogP contribution is -2.26. The summed E-state index contributed by atoms with van der Waals surface area (Å²) in [6, 6.07) is 17.8. The monoisotopic (exact) mass is 383 g/mol. The van der Waals surface area contributed by atoms with Gasteiger partial charge in [-0.25, -0.2) is 0 Å². The molecule has 3 N–H and O–H groups in total.